The molecule has 0 spiro atoms. The van der Waals surface area contributed by atoms with Crippen LogP contribution in [0.2, 0.25) is 0 Å². The standard InChI is InChI=1S/C20H27NO/c1-6-7-11-17(4)20(5,18-12-9-8-10-13-18)19(22)21-15-14-16(2)3/h6-13,16H,1,4,14-15H2,2-3,5H3,(H,21,22)/b11-7-. The van der Waals surface area contributed by atoms with Crippen LogP contribution in [0.3, 0.4) is 0 Å². The minimum atomic E-state index is -0.780. The Morgan fingerprint density at radius 1 is 1.32 bits per heavy atom. The Hall–Kier alpha value is -2.09. The zero-order valence-corrected chi connectivity index (χ0v) is 13.9. The summed E-state index contributed by atoms with van der Waals surface area (Å²) < 4.78 is 0. The molecular weight excluding hydrogens is 270 g/mol. The molecule has 0 fully saturated rings. The molecular formula is C20H27NO. The minimum Gasteiger partial charge on any atom is -0.355 e. The van der Waals surface area contributed by atoms with Gasteiger partial charge in [0.15, 0.2) is 0 Å². The van der Waals surface area contributed by atoms with E-state index >= 15 is 0 Å². The predicted molar refractivity (Wildman–Crippen MR) is 94.7 cm³/mol. The van der Waals surface area contributed by atoms with Crippen LogP contribution in [0.4, 0.5) is 0 Å². The van der Waals surface area contributed by atoms with Crippen molar-refractivity contribution in [1.82, 2.24) is 5.32 Å². The van der Waals surface area contributed by atoms with Crippen LogP contribution >= 0.6 is 0 Å². The number of allylic oxidation sites excluding steroid dienone is 3. The van der Waals surface area contributed by atoms with Gasteiger partial charge in [0.05, 0.1) is 5.41 Å². The molecule has 0 saturated heterocycles. The fourth-order valence-electron chi connectivity index (χ4n) is 2.24. The van der Waals surface area contributed by atoms with Crippen LogP contribution in [-0.2, 0) is 10.2 Å². The zero-order chi connectivity index (χ0) is 16.6. The van der Waals surface area contributed by atoms with Gasteiger partial charge in [0.2, 0.25) is 5.91 Å². The lowest BCUT2D eigenvalue weighted by molar-refractivity contribution is -0.124. The maximum atomic E-state index is 12.8. The predicted octanol–water partition coefficient (Wildman–Crippen LogP) is 4.41. The molecule has 1 atom stereocenters. The van der Waals surface area contributed by atoms with E-state index in [-0.39, 0.29) is 5.91 Å². The van der Waals surface area contributed by atoms with Crippen molar-refractivity contribution in [3.05, 3.63) is 72.9 Å². The van der Waals surface area contributed by atoms with E-state index in [1.54, 1.807) is 6.08 Å². The van der Waals surface area contributed by atoms with Crippen LogP contribution in [-0.4, -0.2) is 12.5 Å². The summed E-state index contributed by atoms with van der Waals surface area (Å²) in [5.74, 6) is 0.546. The van der Waals surface area contributed by atoms with Gasteiger partial charge in [-0.2, -0.15) is 0 Å². The monoisotopic (exact) mass is 297 g/mol. The molecule has 1 aromatic rings. The summed E-state index contributed by atoms with van der Waals surface area (Å²) in [7, 11) is 0. The first-order chi connectivity index (χ1) is 10.4. The first kappa shape index (κ1) is 18.0. The van der Waals surface area contributed by atoms with Crippen LogP contribution in [0.5, 0.6) is 0 Å². The van der Waals surface area contributed by atoms with Gasteiger partial charge < -0.3 is 5.32 Å². The molecule has 0 aromatic heterocycles. The summed E-state index contributed by atoms with van der Waals surface area (Å²) in [6, 6.07) is 9.77. The molecule has 118 valence electrons. The van der Waals surface area contributed by atoms with Crippen LogP contribution in [0.25, 0.3) is 0 Å². The molecule has 0 aliphatic rings. The van der Waals surface area contributed by atoms with Crippen LogP contribution in [0.1, 0.15) is 32.8 Å². The highest BCUT2D eigenvalue weighted by Crippen LogP contribution is 2.32. The van der Waals surface area contributed by atoms with Crippen molar-refractivity contribution >= 4 is 5.91 Å². The largest absolute Gasteiger partial charge is 0.355 e. The van der Waals surface area contributed by atoms with Gasteiger partial charge in [-0.15, -0.1) is 0 Å². The van der Waals surface area contributed by atoms with Crippen LogP contribution in [0.15, 0.2) is 67.3 Å². The number of nitrogens with one attached hydrogen (secondary N) is 1. The number of carbonyl (C=O) groups excluding carboxylic acids is 1. The average molecular weight is 297 g/mol. The fraction of sp³-hybridized carbons (Fsp3) is 0.350. The summed E-state index contributed by atoms with van der Waals surface area (Å²) >= 11 is 0. The highest BCUT2D eigenvalue weighted by molar-refractivity contribution is 5.92. The molecule has 1 amide bonds. The van der Waals surface area contributed by atoms with Crippen LogP contribution < -0.4 is 5.32 Å². The molecule has 0 saturated carbocycles. The molecule has 2 heteroatoms. The number of amides is 1. The Morgan fingerprint density at radius 3 is 2.50 bits per heavy atom. The Bertz CT molecular complexity index is 542. The number of carbonyl (C=O) groups is 1. The van der Waals surface area contributed by atoms with Crippen molar-refractivity contribution in [1.29, 1.82) is 0 Å². The Morgan fingerprint density at radius 2 is 1.95 bits per heavy atom. The number of hydrogen-bond donors (Lipinski definition) is 1. The van der Waals surface area contributed by atoms with E-state index < -0.39 is 5.41 Å². The summed E-state index contributed by atoms with van der Waals surface area (Å²) in [4.78, 5) is 12.8. The van der Waals surface area contributed by atoms with Gasteiger partial charge in [0.1, 0.15) is 0 Å². The molecule has 1 unspecified atom stereocenters. The third kappa shape index (κ3) is 4.45. The molecule has 0 aliphatic carbocycles. The number of benzene rings is 1. The summed E-state index contributed by atoms with van der Waals surface area (Å²) in [6.07, 6.45) is 6.31. The third-order valence-electron chi connectivity index (χ3n) is 3.89. The Balaban J connectivity index is 3.06. The first-order valence-electron chi connectivity index (χ1n) is 7.75. The molecule has 0 radical (unpaired) electrons. The molecule has 1 N–H and O–H groups in total. The molecule has 22 heavy (non-hydrogen) atoms. The summed E-state index contributed by atoms with van der Waals surface area (Å²) in [6.45, 7) is 14.7. The number of rotatable bonds is 8. The van der Waals surface area contributed by atoms with Crippen molar-refractivity contribution in [3.63, 3.8) is 0 Å². The van der Waals surface area contributed by atoms with E-state index in [0.717, 1.165) is 17.6 Å². The van der Waals surface area contributed by atoms with Crippen molar-refractivity contribution in [3.8, 4) is 0 Å². The highest BCUT2D eigenvalue weighted by Gasteiger charge is 2.36. The summed E-state index contributed by atoms with van der Waals surface area (Å²) in [5.41, 5.74) is 0.911. The van der Waals surface area contributed by atoms with E-state index in [9.17, 15) is 4.79 Å². The van der Waals surface area contributed by atoms with Crippen LogP contribution in [0, 0.1) is 5.92 Å². The summed E-state index contributed by atoms with van der Waals surface area (Å²) in [5, 5.41) is 3.05. The molecule has 0 bridgehead atoms. The number of hydrogen-bond acceptors (Lipinski definition) is 1. The lowest BCUT2D eigenvalue weighted by Gasteiger charge is -2.30. The lowest BCUT2D eigenvalue weighted by Crippen LogP contribution is -2.43. The van der Waals surface area contributed by atoms with E-state index in [1.807, 2.05) is 49.4 Å². The minimum absolute atomic E-state index is 0.0157. The Labute approximate surface area is 134 Å². The molecule has 2 nitrogen and oxygen atoms in total. The highest BCUT2D eigenvalue weighted by atomic mass is 16.2. The van der Waals surface area contributed by atoms with Gasteiger partial charge in [-0.05, 0) is 30.4 Å². The molecule has 1 rings (SSSR count). The van der Waals surface area contributed by atoms with Gasteiger partial charge >= 0.3 is 0 Å². The maximum absolute atomic E-state index is 12.8. The van der Waals surface area contributed by atoms with Crippen molar-refractivity contribution in [2.45, 2.75) is 32.6 Å². The fourth-order valence-corrected chi connectivity index (χ4v) is 2.24. The second kappa shape index (κ2) is 8.38. The maximum Gasteiger partial charge on any atom is 0.234 e. The van der Waals surface area contributed by atoms with Crippen molar-refractivity contribution in [2.75, 3.05) is 6.54 Å². The lowest BCUT2D eigenvalue weighted by atomic mass is 9.75. The van der Waals surface area contributed by atoms with Gasteiger partial charge in [0, 0.05) is 6.54 Å². The zero-order valence-electron chi connectivity index (χ0n) is 13.9. The van der Waals surface area contributed by atoms with E-state index in [0.29, 0.717) is 12.5 Å². The van der Waals surface area contributed by atoms with Gasteiger partial charge in [-0.3, -0.25) is 4.79 Å². The molecule has 0 aliphatic heterocycles. The quantitative estimate of drug-likeness (QED) is 0.708. The van der Waals surface area contributed by atoms with Gasteiger partial charge in [-0.1, -0.05) is 75.6 Å². The molecule has 1 aromatic carbocycles. The average Bonchev–Trinajstić information content (AvgIpc) is 2.52. The first-order valence-corrected chi connectivity index (χ1v) is 7.75. The SMILES string of the molecule is C=C/C=C\C(=C)C(C)(C(=O)NCCC(C)C)c1ccccc1. The van der Waals surface area contributed by atoms with Crippen molar-refractivity contribution in [2.24, 2.45) is 5.92 Å². The second-order valence-electron chi connectivity index (χ2n) is 6.05. The smallest absolute Gasteiger partial charge is 0.234 e. The Kier molecular flexibility index (Phi) is 6.84. The van der Waals surface area contributed by atoms with Gasteiger partial charge in [0.25, 0.3) is 0 Å². The second-order valence-corrected chi connectivity index (χ2v) is 6.05. The van der Waals surface area contributed by atoms with E-state index in [1.165, 1.54) is 0 Å². The third-order valence-corrected chi connectivity index (χ3v) is 3.89. The molecule has 0 heterocycles. The topological polar surface area (TPSA) is 29.1 Å². The normalized spacial score (nSPS) is 13.8. The van der Waals surface area contributed by atoms with E-state index in [4.69, 9.17) is 0 Å². The van der Waals surface area contributed by atoms with E-state index in [2.05, 4.69) is 32.3 Å². The van der Waals surface area contributed by atoms with Crippen molar-refractivity contribution < 1.29 is 4.79 Å². The van der Waals surface area contributed by atoms with Gasteiger partial charge in [-0.25, -0.2) is 0 Å².